The van der Waals surface area contributed by atoms with Gasteiger partial charge in [0.25, 0.3) is 5.69 Å². The number of hydrogen-bond acceptors (Lipinski definition) is 4. The van der Waals surface area contributed by atoms with Crippen molar-refractivity contribution in [1.29, 1.82) is 0 Å². The van der Waals surface area contributed by atoms with Gasteiger partial charge in [-0.3, -0.25) is 10.1 Å². The van der Waals surface area contributed by atoms with E-state index >= 15 is 0 Å². The molecule has 0 aliphatic heterocycles. The summed E-state index contributed by atoms with van der Waals surface area (Å²) in [5, 5.41) is 20.7. The highest BCUT2D eigenvalue weighted by atomic mass is 35.5. The molecule has 0 aromatic heterocycles. The van der Waals surface area contributed by atoms with Crippen molar-refractivity contribution in [1.82, 2.24) is 0 Å². The summed E-state index contributed by atoms with van der Waals surface area (Å²) in [7, 11) is 0. The first-order valence-corrected chi connectivity index (χ1v) is 6.35. The highest BCUT2D eigenvalue weighted by molar-refractivity contribution is 6.32. The standard InChI is InChI=1S/C14H11ClFNO4/c15-12-7-10(16)4-5-14(12)21-8-13(18)9-2-1-3-11(6-9)17(19)20/h1-7,13,18H,8H2. The average Bonchev–Trinajstić information content (AvgIpc) is 2.46. The number of rotatable bonds is 5. The molecule has 2 aromatic carbocycles. The van der Waals surface area contributed by atoms with Gasteiger partial charge in [-0.2, -0.15) is 0 Å². The van der Waals surface area contributed by atoms with Gasteiger partial charge >= 0.3 is 0 Å². The van der Waals surface area contributed by atoms with E-state index < -0.39 is 16.8 Å². The Labute approximate surface area is 124 Å². The van der Waals surface area contributed by atoms with Crippen LogP contribution >= 0.6 is 11.6 Å². The molecule has 5 nitrogen and oxygen atoms in total. The molecule has 0 saturated heterocycles. The first kappa shape index (κ1) is 15.2. The maximum Gasteiger partial charge on any atom is 0.269 e. The first-order valence-electron chi connectivity index (χ1n) is 5.97. The number of aliphatic hydroxyl groups is 1. The van der Waals surface area contributed by atoms with Crippen LogP contribution in [0.3, 0.4) is 0 Å². The Hall–Kier alpha value is -2.18. The van der Waals surface area contributed by atoms with Crippen LogP contribution in [0.5, 0.6) is 5.75 Å². The summed E-state index contributed by atoms with van der Waals surface area (Å²) in [6.07, 6.45) is -1.06. The van der Waals surface area contributed by atoms with Crippen LogP contribution in [0.25, 0.3) is 0 Å². The molecule has 0 heterocycles. The van der Waals surface area contributed by atoms with Crippen LogP contribution in [-0.2, 0) is 0 Å². The van der Waals surface area contributed by atoms with Gasteiger partial charge in [0.2, 0.25) is 0 Å². The van der Waals surface area contributed by atoms with Crippen molar-refractivity contribution in [2.24, 2.45) is 0 Å². The maximum atomic E-state index is 12.9. The zero-order valence-electron chi connectivity index (χ0n) is 10.7. The van der Waals surface area contributed by atoms with E-state index in [1.54, 1.807) is 6.07 Å². The molecule has 0 spiro atoms. The number of halogens is 2. The van der Waals surface area contributed by atoms with Crippen molar-refractivity contribution in [2.75, 3.05) is 6.61 Å². The molecule has 2 rings (SSSR count). The Balaban J connectivity index is 2.06. The van der Waals surface area contributed by atoms with Crippen LogP contribution in [0.1, 0.15) is 11.7 Å². The molecular formula is C14H11ClFNO4. The molecule has 0 fully saturated rings. The van der Waals surface area contributed by atoms with Gasteiger partial charge in [-0.25, -0.2) is 4.39 Å². The summed E-state index contributed by atoms with van der Waals surface area (Å²) >= 11 is 5.79. The predicted molar refractivity (Wildman–Crippen MR) is 75.0 cm³/mol. The lowest BCUT2D eigenvalue weighted by Crippen LogP contribution is -2.10. The molecule has 7 heteroatoms. The number of aliphatic hydroxyl groups excluding tert-OH is 1. The van der Waals surface area contributed by atoms with Gasteiger partial charge in [0.1, 0.15) is 24.3 Å². The number of nitro groups is 1. The monoisotopic (exact) mass is 311 g/mol. The topological polar surface area (TPSA) is 72.6 Å². The molecule has 2 aromatic rings. The predicted octanol–water partition coefficient (Wildman–Crippen LogP) is 3.50. The van der Waals surface area contributed by atoms with Crippen LogP contribution in [-0.4, -0.2) is 16.6 Å². The van der Waals surface area contributed by atoms with Crippen molar-refractivity contribution >= 4 is 17.3 Å². The minimum Gasteiger partial charge on any atom is -0.489 e. The second-order valence-corrected chi connectivity index (χ2v) is 4.66. The van der Waals surface area contributed by atoms with Crippen molar-refractivity contribution < 1.29 is 19.2 Å². The van der Waals surface area contributed by atoms with Gasteiger partial charge in [0, 0.05) is 12.1 Å². The smallest absolute Gasteiger partial charge is 0.269 e. The SMILES string of the molecule is O=[N+]([O-])c1cccc(C(O)COc2ccc(F)cc2Cl)c1. The quantitative estimate of drug-likeness (QED) is 0.677. The minimum absolute atomic E-state index is 0.0845. The van der Waals surface area contributed by atoms with Crippen molar-refractivity contribution in [3.05, 3.63) is 69.0 Å². The molecule has 0 amide bonds. The van der Waals surface area contributed by atoms with E-state index in [4.69, 9.17) is 16.3 Å². The van der Waals surface area contributed by atoms with Crippen LogP contribution in [0.4, 0.5) is 10.1 Å². The molecule has 0 aliphatic rings. The number of hydrogen-bond donors (Lipinski definition) is 1. The second-order valence-electron chi connectivity index (χ2n) is 4.25. The summed E-state index contributed by atoms with van der Waals surface area (Å²) in [6.45, 7) is -0.160. The van der Waals surface area contributed by atoms with Gasteiger partial charge in [-0.15, -0.1) is 0 Å². The summed E-state index contributed by atoms with van der Waals surface area (Å²) in [6, 6.07) is 9.23. The lowest BCUT2D eigenvalue weighted by molar-refractivity contribution is -0.385. The lowest BCUT2D eigenvalue weighted by Gasteiger charge is -2.13. The van der Waals surface area contributed by atoms with Crippen LogP contribution in [0, 0.1) is 15.9 Å². The fraction of sp³-hybridized carbons (Fsp3) is 0.143. The highest BCUT2D eigenvalue weighted by Gasteiger charge is 2.14. The zero-order valence-corrected chi connectivity index (χ0v) is 11.5. The van der Waals surface area contributed by atoms with E-state index in [0.29, 0.717) is 5.56 Å². The molecule has 21 heavy (non-hydrogen) atoms. The van der Waals surface area contributed by atoms with Crippen LogP contribution < -0.4 is 4.74 Å². The molecule has 1 atom stereocenters. The summed E-state index contributed by atoms with van der Waals surface area (Å²) in [4.78, 5) is 10.1. The van der Waals surface area contributed by atoms with Gasteiger partial charge in [-0.05, 0) is 23.8 Å². The highest BCUT2D eigenvalue weighted by Crippen LogP contribution is 2.26. The van der Waals surface area contributed by atoms with Gasteiger partial charge in [0.15, 0.2) is 0 Å². The summed E-state index contributed by atoms with van der Waals surface area (Å²) in [5.41, 5.74) is 0.230. The van der Waals surface area contributed by atoms with Crippen molar-refractivity contribution in [2.45, 2.75) is 6.10 Å². The van der Waals surface area contributed by atoms with Crippen LogP contribution in [0.15, 0.2) is 42.5 Å². The number of benzene rings is 2. The third-order valence-electron chi connectivity index (χ3n) is 2.76. The maximum absolute atomic E-state index is 12.9. The molecule has 0 radical (unpaired) electrons. The second kappa shape index (κ2) is 6.51. The number of ether oxygens (including phenoxy) is 1. The molecule has 1 N–H and O–H groups in total. The van der Waals surface area contributed by atoms with E-state index in [1.807, 2.05) is 0 Å². The fourth-order valence-corrected chi connectivity index (χ4v) is 1.92. The summed E-state index contributed by atoms with van der Waals surface area (Å²) in [5.74, 6) is -0.269. The van der Waals surface area contributed by atoms with Gasteiger partial charge < -0.3 is 9.84 Å². The van der Waals surface area contributed by atoms with E-state index in [-0.39, 0.29) is 23.1 Å². The third kappa shape index (κ3) is 3.90. The largest absolute Gasteiger partial charge is 0.489 e. The van der Waals surface area contributed by atoms with E-state index in [2.05, 4.69) is 0 Å². The first-order chi connectivity index (χ1) is 9.97. The lowest BCUT2D eigenvalue weighted by atomic mass is 10.1. The summed E-state index contributed by atoms with van der Waals surface area (Å²) < 4.78 is 18.2. The number of nitrogens with zero attached hydrogens (tertiary/aromatic N) is 1. The Morgan fingerprint density at radius 3 is 2.76 bits per heavy atom. The molecule has 0 saturated carbocycles. The molecule has 0 bridgehead atoms. The Bertz CT molecular complexity index is 665. The Morgan fingerprint density at radius 2 is 2.10 bits per heavy atom. The number of non-ortho nitro benzene ring substituents is 1. The molecule has 1 unspecified atom stereocenters. The fourth-order valence-electron chi connectivity index (χ4n) is 1.70. The van der Waals surface area contributed by atoms with Crippen LogP contribution in [0.2, 0.25) is 5.02 Å². The normalized spacial score (nSPS) is 12.0. The zero-order chi connectivity index (χ0) is 15.4. The Kier molecular flexibility index (Phi) is 4.72. The molecular weight excluding hydrogens is 301 g/mol. The molecule has 0 aliphatic carbocycles. The average molecular weight is 312 g/mol. The molecule has 110 valence electrons. The van der Waals surface area contributed by atoms with Gasteiger partial charge in [0.05, 0.1) is 9.95 Å². The number of nitro benzene ring substituents is 1. The minimum atomic E-state index is -1.06. The van der Waals surface area contributed by atoms with Crippen molar-refractivity contribution in [3.8, 4) is 5.75 Å². The van der Waals surface area contributed by atoms with Gasteiger partial charge in [-0.1, -0.05) is 23.7 Å². The van der Waals surface area contributed by atoms with E-state index in [9.17, 15) is 19.6 Å². The third-order valence-corrected chi connectivity index (χ3v) is 3.05. The van der Waals surface area contributed by atoms with E-state index in [1.165, 1.54) is 30.3 Å². The Morgan fingerprint density at radius 1 is 1.33 bits per heavy atom. The van der Waals surface area contributed by atoms with Crippen molar-refractivity contribution in [3.63, 3.8) is 0 Å². The van der Waals surface area contributed by atoms with E-state index in [0.717, 1.165) is 6.07 Å².